The third-order valence-electron chi connectivity index (χ3n) is 5.42. The number of aromatic nitrogens is 3. The Morgan fingerprint density at radius 1 is 1.12 bits per heavy atom. The maximum Gasteiger partial charge on any atom is 0.349 e. The average Bonchev–Trinajstić information content (AvgIpc) is 3.52. The number of ether oxygens (including phenoxy) is 1. The minimum Gasteiger partial charge on any atom is -0.463 e. The molecule has 0 unspecified atom stereocenters. The monoisotopic (exact) mass is 479 g/mol. The van der Waals surface area contributed by atoms with Crippen LogP contribution in [0.15, 0.2) is 51.9 Å². The molecule has 4 heterocycles. The van der Waals surface area contributed by atoms with Crippen molar-refractivity contribution in [2.75, 3.05) is 36.5 Å². The molecule has 10 nitrogen and oxygen atoms in total. The van der Waals surface area contributed by atoms with Crippen LogP contribution in [0.25, 0.3) is 21.8 Å². The van der Waals surface area contributed by atoms with Crippen LogP contribution in [0.2, 0.25) is 0 Å². The van der Waals surface area contributed by atoms with E-state index in [0.717, 1.165) is 5.13 Å². The van der Waals surface area contributed by atoms with Gasteiger partial charge in [0.05, 0.1) is 19.5 Å². The SMILES string of the molecule is CC(=O)c1ccc(NC(=O)Cn2c(=O)nc(-c3ccco3)c3nc(N4CCOCC4)sc32)cc1. The predicted octanol–water partition coefficient (Wildman–Crippen LogP) is 2.79. The molecule has 174 valence electrons. The molecule has 0 radical (unpaired) electrons. The number of rotatable bonds is 6. The summed E-state index contributed by atoms with van der Waals surface area (Å²) >= 11 is 1.33. The van der Waals surface area contributed by atoms with Crippen LogP contribution in [0.5, 0.6) is 0 Å². The Morgan fingerprint density at radius 3 is 2.56 bits per heavy atom. The summed E-state index contributed by atoms with van der Waals surface area (Å²) in [5.74, 6) is -0.0215. The number of hydrogen-bond donors (Lipinski definition) is 1. The van der Waals surface area contributed by atoms with Crippen LogP contribution >= 0.6 is 11.3 Å². The first-order valence-corrected chi connectivity index (χ1v) is 11.5. The predicted molar refractivity (Wildman–Crippen MR) is 127 cm³/mol. The van der Waals surface area contributed by atoms with E-state index in [2.05, 4.69) is 15.2 Å². The number of amides is 1. The molecule has 1 aromatic carbocycles. The molecule has 1 aliphatic heterocycles. The lowest BCUT2D eigenvalue weighted by molar-refractivity contribution is -0.116. The zero-order valence-electron chi connectivity index (χ0n) is 18.3. The summed E-state index contributed by atoms with van der Waals surface area (Å²) in [6, 6.07) is 10.0. The van der Waals surface area contributed by atoms with Crippen molar-refractivity contribution in [2.45, 2.75) is 13.5 Å². The Labute approximate surface area is 197 Å². The van der Waals surface area contributed by atoms with E-state index < -0.39 is 11.6 Å². The molecular formula is C23H21N5O5S. The van der Waals surface area contributed by atoms with Crippen molar-refractivity contribution in [2.24, 2.45) is 0 Å². The normalized spacial score (nSPS) is 13.9. The second kappa shape index (κ2) is 9.20. The summed E-state index contributed by atoms with van der Waals surface area (Å²) in [6.07, 6.45) is 1.51. The second-order valence-corrected chi connectivity index (χ2v) is 8.69. The number of benzene rings is 1. The quantitative estimate of drug-likeness (QED) is 0.419. The third-order valence-corrected chi connectivity index (χ3v) is 6.56. The van der Waals surface area contributed by atoms with Crippen molar-refractivity contribution in [1.82, 2.24) is 14.5 Å². The molecule has 0 aliphatic carbocycles. The number of nitrogens with one attached hydrogen (secondary N) is 1. The van der Waals surface area contributed by atoms with Crippen LogP contribution in [-0.2, 0) is 16.1 Å². The zero-order chi connectivity index (χ0) is 23.7. The molecule has 1 saturated heterocycles. The summed E-state index contributed by atoms with van der Waals surface area (Å²) in [6.45, 7) is 3.80. The van der Waals surface area contributed by atoms with E-state index in [4.69, 9.17) is 14.1 Å². The van der Waals surface area contributed by atoms with Gasteiger partial charge < -0.3 is 19.4 Å². The van der Waals surface area contributed by atoms with Gasteiger partial charge in [-0.3, -0.25) is 14.2 Å². The third kappa shape index (κ3) is 4.35. The summed E-state index contributed by atoms with van der Waals surface area (Å²) in [7, 11) is 0. The topological polar surface area (TPSA) is 120 Å². The first kappa shape index (κ1) is 22.0. The molecule has 11 heteroatoms. The fourth-order valence-corrected chi connectivity index (χ4v) is 4.79. The van der Waals surface area contributed by atoms with E-state index in [1.807, 2.05) is 0 Å². The standard InChI is InChI=1S/C23H21N5O5S/c1-14(29)15-4-6-16(7-5-15)24-18(30)13-28-21-20(19(25-22(28)31)17-3-2-10-33-17)26-23(34-21)27-8-11-32-12-9-27/h2-7,10H,8-9,11-13H2,1H3,(H,24,30). The summed E-state index contributed by atoms with van der Waals surface area (Å²) < 4.78 is 12.2. The summed E-state index contributed by atoms with van der Waals surface area (Å²) in [4.78, 5) is 48.8. The Kier molecular flexibility index (Phi) is 5.95. The highest BCUT2D eigenvalue weighted by Gasteiger charge is 2.23. The zero-order valence-corrected chi connectivity index (χ0v) is 19.1. The van der Waals surface area contributed by atoms with Crippen LogP contribution in [-0.4, -0.2) is 52.5 Å². The minimum absolute atomic E-state index is 0.0594. The molecule has 4 aromatic rings. The van der Waals surface area contributed by atoms with Crippen molar-refractivity contribution in [3.8, 4) is 11.5 Å². The molecule has 1 aliphatic rings. The molecule has 1 N–H and O–H groups in total. The van der Waals surface area contributed by atoms with E-state index in [9.17, 15) is 14.4 Å². The highest BCUT2D eigenvalue weighted by Crippen LogP contribution is 2.33. The smallest absolute Gasteiger partial charge is 0.349 e. The van der Waals surface area contributed by atoms with Crippen molar-refractivity contribution >= 4 is 44.2 Å². The molecule has 34 heavy (non-hydrogen) atoms. The van der Waals surface area contributed by atoms with Gasteiger partial charge in [-0.1, -0.05) is 11.3 Å². The molecule has 5 rings (SSSR count). The van der Waals surface area contributed by atoms with Gasteiger partial charge in [-0.2, -0.15) is 4.98 Å². The Hall–Kier alpha value is -3.83. The van der Waals surface area contributed by atoms with Gasteiger partial charge in [0.25, 0.3) is 0 Å². The summed E-state index contributed by atoms with van der Waals surface area (Å²) in [5, 5.41) is 3.49. The number of carbonyl (C=O) groups excluding carboxylic acids is 2. The van der Waals surface area contributed by atoms with E-state index >= 15 is 0 Å². The van der Waals surface area contributed by atoms with E-state index in [1.165, 1.54) is 29.1 Å². The number of morpholine rings is 1. The van der Waals surface area contributed by atoms with Crippen LogP contribution < -0.4 is 15.9 Å². The second-order valence-electron chi connectivity index (χ2n) is 7.74. The number of carbonyl (C=O) groups is 2. The Morgan fingerprint density at radius 2 is 1.88 bits per heavy atom. The fourth-order valence-electron chi connectivity index (χ4n) is 3.68. The number of fused-ring (bicyclic) bond motifs is 1. The van der Waals surface area contributed by atoms with Crippen molar-refractivity contribution in [1.29, 1.82) is 0 Å². The molecular weight excluding hydrogens is 458 g/mol. The van der Waals surface area contributed by atoms with E-state index in [0.29, 0.717) is 59.4 Å². The molecule has 1 fully saturated rings. The number of Topliss-reactive ketones (excluding diaryl/α,β-unsaturated/α-hetero) is 1. The van der Waals surface area contributed by atoms with Crippen molar-refractivity contribution < 1.29 is 18.7 Å². The van der Waals surface area contributed by atoms with Gasteiger partial charge in [0.2, 0.25) is 5.91 Å². The van der Waals surface area contributed by atoms with Gasteiger partial charge >= 0.3 is 5.69 Å². The maximum atomic E-state index is 13.0. The number of nitrogens with zero attached hydrogens (tertiary/aromatic N) is 4. The number of furan rings is 1. The Balaban J connectivity index is 1.49. The number of thiazole rings is 1. The lowest BCUT2D eigenvalue weighted by atomic mass is 10.1. The summed E-state index contributed by atoms with van der Waals surface area (Å²) in [5.41, 5.74) is 1.35. The molecule has 0 atom stereocenters. The van der Waals surface area contributed by atoms with Gasteiger partial charge in [0.1, 0.15) is 22.6 Å². The van der Waals surface area contributed by atoms with Crippen LogP contribution in [0.1, 0.15) is 17.3 Å². The Bertz CT molecular complexity index is 1400. The molecule has 0 bridgehead atoms. The molecule has 1 amide bonds. The van der Waals surface area contributed by atoms with Crippen LogP contribution in [0.4, 0.5) is 10.8 Å². The fraction of sp³-hybridized carbons (Fsp3) is 0.261. The number of anilines is 2. The first-order chi connectivity index (χ1) is 16.5. The molecule has 0 spiro atoms. The van der Waals surface area contributed by atoms with Crippen LogP contribution in [0, 0.1) is 0 Å². The van der Waals surface area contributed by atoms with Gasteiger partial charge in [0, 0.05) is 24.3 Å². The van der Waals surface area contributed by atoms with Gasteiger partial charge in [-0.05, 0) is 43.3 Å². The van der Waals surface area contributed by atoms with Crippen LogP contribution in [0.3, 0.4) is 0 Å². The van der Waals surface area contributed by atoms with Crippen molar-refractivity contribution in [3.05, 3.63) is 58.7 Å². The van der Waals surface area contributed by atoms with E-state index in [1.54, 1.807) is 36.4 Å². The average molecular weight is 480 g/mol. The van der Waals surface area contributed by atoms with Gasteiger partial charge in [-0.25, -0.2) is 9.78 Å². The number of ketones is 1. The lowest BCUT2D eigenvalue weighted by Gasteiger charge is -2.25. The van der Waals surface area contributed by atoms with Crippen molar-refractivity contribution in [3.63, 3.8) is 0 Å². The lowest BCUT2D eigenvalue weighted by Crippen LogP contribution is -2.36. The maximum absolute atomic E-state index is 13.0. The van der Waals surface area contributed by atoms with E-state index in [-0.39, 0.29) is 12.3 Å². The van der Waals surface area contributed by atoms with Gasteiger partial charge in [0.15, 0.2) is 16.7 Å². The first-order valence-electron chi connectivity index (χ1n) is 10.7. The minimum atomic E-state index is -0.571. The highest BCUT2D eigenvalue weighted by molar-refractivity contribution is 7.22. The molecule has 3 aromatic heterocycles. The van der Waals surface area contributed by atoms with Gasteiger partial charge in [-0.15, -0.1) is 0 Å². The number of hydrogen-bond acceptors (Lipinski definition) is 9. The molecule has 0 saturated carbocycles. The highest BCUT2D eigenvalue weighted by atomic mass is 32.1. The largest absolute Gasteiger partial charge is 0.463 e.